The minimum atomic E-state index is -0.621. The first-order valence-electron chi connectivity index (χ1n) is 8.95. The summed E-state index contributed by atoms with van der Waals surface area (Å²) in [6, 6.07) is 8.12. The number of hydrogen-bond donors (Lipinski definition) is 0. The van der Waals surface area contributed by atoms with Gasteiger partial charge in [-0.1, -0.05) is 17.4 Å². The number of aromatic nitrogens is 3. The molecular formula is C20H17N3O6S2. The number of esters is 1. The van der Waals surface area contributed by atoms with Crippen molar-refractivity contribution in [1.82, 2.24) is 14.6 Å². The molecule has 3 heterocycles. The number of benzene rings is 1. The maximum atomic E-state index is 12.6. The topological polar surface area (TPSA) is 101 Å². The van der Waals surface area contributed by atoms with E-state index in [1.165, 1.54) is 66.7 Å². The predicted molar refractivity (Wildman–Crippen MR) is 116 cm³/mol. The van der Waals surface area contributed by atoms with Gasteiger partial charge in [0, 0.05) is 6.07 Å². The number of carbonyl (C=O) groups excluding carboxylic acids is 1. The van der Waals surface area contributed by atoms with Crippen LogP contribution in [0.2, 0.25) is 0 Å². The molecule has 4 rings (SSSR count). The van der Waals surface area contributed by atoms with Crippen LogP contribution in [-0.2, 0) is 11.3 Å². The molecule has 0 bridgehead atoms. The van der Waals surface area contributed by atoms with Crippen LogP contribution in [0.3, 0.4) is 0 Å². The fourth-order valence-electron chi connectivity index (χ4n) is 2.85. The smallest absolute Gasteiger partial charge is 0.338 e. The van der Waals surface area contributed by atoms with E-state index in [0.717, 1.165) is 4.88 Å². The molecule has 0 saturated carbocycles. The molecule has 3 aromatic heterocycles. The summed E-state index contributed by atoms with van der Waals surface area (Å²) in [4.78, 5) is 30.8. The molecule has 11 heteroatoms. The van der Waals surface area contributed by atoms with Gasteiger partial charge in [0.1, 0.15) is 6.61 Å². The summed E-state index contributed by atoms with van der Waals surface area (Å²) in [5, 5.41) is 6.95. The largest absolute Gasteiger partial charge is 0.493 e. The highest BCUT2D eigenvalue weighted by Gasteiger charge is 2.19. The molecule has 0 unspecified atom stereocenters. The Morgan fingerprint density at radius 3 is 2.45 bits per heavy atom. The lowest BCUT2D eigenvalue weighted by molar-refractivity contribution is 0.0467. The highest BCUT2D eigenvalue weighted by molar-refractivity contribution is 7.23. The summed E-state index contributed by atoms with van der Waals surface area (Å²) in [6.45, 7) is -0.173. The SMILES string of the molecule is COc1cc(C(=O)OCc2cc(=O)n3nc(-c4cccs4)sc3n2)cc(OC)c1OC. The Kier molecular flexibility index (Phi) is 5.87. The molecule has 0 radical (unpaired) electrons. The average molecular weight is 460 g/mol. The second kappa shape index (κ2) is 8.74. The van der Waals surface area contributed by atoms with Gasteiger partial charge in [0.2, 0.25) is 10.7 Å². The molecular weight excluding hydrogens is 442 g/mol. The molecule has 0 aliphatic rings. The lowest BCUT2D eigenvalue weighted by Crippen LogP contribution is -2.16. The first-order valence-corrected chi connectivity index (χ1v) is 10.6. The van der Waals surface area contributed by atoms with Crippen molar-refractivity contribution < 1.29 is 23.7 Å². The Balaban J connectivity index is 1.56. The highest BCUT2D eigenvalue weighted by atomic mass is 32.1. The van der Waals surface area contributed by atoms with Crippen LogP contribution in [0.25, 0.3) is 14.8 Å². The molecule has 9 nitrogen and oxygen atoms in total. The summed E-state index contributed by atoms with van der Waals surface area (Å²) >= 11 is 2.82. The van der Waals surface area contributed by atoms with Gasteiger partial charge in [-0.15, -0.1) is 11.3 Å². The fourth-order valence-corrected chi connectivity index (χ4v) is 4.57. The van der Waals surface area contributed by atoms with Gasteiger partial charge in [-0.3, -0.25) is 4.79 Å². The zero-order valence-corrected chi connectivity index (χ0v) is 18.4. The van der Waals surface area contributed by atoms with Gasteiger partial charge < -0.3 is 18.9 Å². The van der Waals surface area contributed by atoms with Gasteiger partial charge in [-0.05, 0) is 23.6 Å². The van der Waals surface area contributed by atoms with Crippen LogP contribution in [0.15, 0.2) is 40.5 Å². The maximum Gasteiger partial charge on any atom is 0.338 e. The number of nitrogens with zero attached hydrogens (tertiary/aromatic N) is 3. The lowest BCUT2D eigenvalue weighted by Gasteiger charge is -2.13. The molecule has 0 atom stereocenters. The standard InChI is InChI=1S/C20H17N3O6S2/c1-26-13-7-11(8-14(27-2)17(13)28-3)19(25)29-10-12-9-16(24)23-20(21-12)31-18(22-23)15-5-4-6-30-15/h4-9H,10H2,1-3H3. The van der Waals surface area contributed by atoms with Gasteiger partial charge in [-0.2, -0.15) is 9.61 Å². The van der Waals surface area contributed by atoms with Crippen LogP contribution >= 0.6 is 22.7 Å². The van der Waals surface area contributed by atoms with Crippen LogP contribution in [0.1, 0.15) is 16.1 Å². The number of rotatable bonds is 7. The third kappa shape index (κ3) is 4.09. The van der Waals surface area contributed by atoms with Crippen molar-refractivity contribution in [3.63, 3.8) is 0 Å². The van der Waals surface area contributed by atoms with E-state index in [0.29, 0.717) is 32.9 Å². The van der Waals surface area contributed by atoms with E-state index in [1.54, 1.807) is 0 Å². The van der Waals surface area contributed by atoms with Gasteiger partial charge in [-0.25, -0.2) is 9.78 Å². The molecule has 0 N–H and O–H groups in total. The van der Waals surface area contributed by atoms with E-state index in [1.807, 2.05) is 17.5 Å². The molecule has 0 aliphatic heterocycles. The number of methoxy groups -OCH3 is 3. The molecule has 0 amide bonds. The monoisotopic (exact) mass is 459 g/mol. The summed E-state index contributed by atoms with van der Waals surface area (Å²) in [7, 11) is 4.39. The molecule has 4 aromatic rings. The molecule has 0 spiro atoms. The average Bonchev–Trinajstić information content (AvgIpc) is 3.46. The summed E-state index contributed by atoms with van der Waals surface area (Å²) in [5.74, 6) is 0.410. The first-order chi connectivity index (χ1) is 15.0. The van der Waals surface area contributed by atoms with Crippen LogP contribution in [0, 0.1) is 0 Å². The summed E-state index contributed by atoms with van der Waals surface area (Å²) < 4.78 is 22.4. The van der Waals surface area contributed by atoms with E-state index < -0.39 is 5.97 Å². The molecule has 0 aliphatic carbocycles. The van der Waals surface area contributed by atoms with Crippen molar-refractivity contribution >= 4 is 33.6 Å². The van der Waals surface area contributed by atoms with Crippen LogP contribution in [-0.4, -0.2) is 41.9 Å². The van der Waals surface area contributed by atoms with Crippen molar-refractivity contribution in [2.75, 3.05) is 21.3 Å². The second-order valence-electron chi connectivity index (χ2n) is 6.15. The molecule has 1 aromatic carbocycles. The predicted octanol–water partition coefficient (Wildman–Crippen LogP) is 3.26. The molecule has 31 heavy (non-hydrogen) atoms. The Bertz CT molecular complexity index is 1270. The minimum absolute atomic E-state index is 0.173. The number of carbonyl (C=O) groups is 1. The zero-order valence-electron chi connectivity index (χ0n) is 16.8. The first kappa shape index (κ1) is 20.8. The number of ether oxygens (including phenoxy) is 4. The normalized spacial score (nSPS) is 10.8. The quantitative estimate of drug-likeness (QED) is 0.388. The van der Waals surface area contributed by atoms with Crippen LogP contribution in [0.5, 0.6) is 17.2 Å². The third-order valence-corrected chi connectivity index (χ3v) is 6.23. The molecule has 0 fully saturated rings. The van der Waals surface area contributed by atoms with Crippen LogP contribution < -0.4 is 19.8 Å². The Morgan fingerprint density at radius 2 is 1.84 bits per heavy atom. The van der Waals surface area contributed by atoms with Crippen molar-refractivity contribution in [2.24, 2.45) is 0 Å². The van der Waals surface area contributed by atoms with Gasteiger partial charge in [0.05, 0.1) is 37.5 Å². The van der Waals surface area contributed by atoms with Crippen molar-refractivity contribution in [2.45, 2.75) is 6.61 Å². The second-order valence-corrected chi connectivity index (χ2v) is 8.06. The third-order valence-electron chi connectivity index (χ3n) is 4.28. The minimum Gasteiger partial charge on any atom is -0.493 e. The number of hydrogen-bond acceptors (Lipinski definition) is 10. The Hall–Kier alpha value is -3.44. The van der Waals surface area contributed by atoms with Gasteiger partial charge in [0.25, 0.3) is 5.56 Å². The summed E-state index contributed by atoms with van der Waals surface area (Å²) in [6.07, 6.45) is 0. The fraction of sp³-hybridized carbons (Fsp3) is 0.200. The highest BCUT2D eigenvalue weighted by Crippen LogP contribution is 2.38. The maximum absolute atomic E-state index is 12.6. The van der Waals surface area contributed by atoms with E-state index >= 15 is 0 Å². The van der Waals surface area contributed by atoms with Crippen molar-refractivity contribution in [3.8, 4) is 27.1 Å². The van der Waals surface area contributed by atoms with E-state index in [2.05, 4.69) is 10.1 Å². The van der Waals surface area contributed by atoms with Crippen molar-refractivity contribution in [1.29, 1.82) is 0 Å². The Morgan fingerprint density at radius 1 is 1.10 bits per heavy atom. The van der Waals surface area contributed by atoms with Crippen LogP contribution in [0.4, 0.5) is 0 Å². The van der Waals surface area contributed by atoms with E-state index in [9.17, 15) is 9.59 Å². The van der Waals surface area contributed by atoms with Crippen molar-refractivity contribution in [3.05, 3.63) is 57.3 Å². The molecule has 160 valence electrons. The molecule has 0 saturated heterocycles. The van der Waals surface area contributed by atoms with E-state index in [4.69, 9.17) is 18.9 Å². The summed E-state index contributed by atoms with van der Waals surface area (Å²) in [5.41, 5.74) is 0.195. The zero-order chi connectivity index (χ0) is 22.0. The van der Waals surface area contributed by atoms with Gasteiger partial charge in [0.15, 0.2) is 16.5 Å². The van der Waals surface area contributed by atoms with Gasteiger partial charge >= 0.3 is 5.97 Å². The Labute approximate surface area is 184 Å². The number of fused-ring (bicyclic) bond motifs is 1. The van der Waals surface area contributed by atoms with E-state index in [-0.39, 0.29) is 17.7 Å². The lowest BCUT2D eigenvalue weighted by atomic mass is 10.2. The number of thiophene rings is 1.